The predicted octanol–water partition coefficient (Wildman–Crippen LogP) is 15.8. The van der Waals surface area contributed by atoms with Gasteiger partial charge in [-0.25, -0.2) is 9.97 Å². The molecule has 0 fully saturated rings. The van der Waals surface area contributed by atoms with Crippen LogP contribution in [0.3, 0.4) is 0 Å². The zero-order chi connectivity index (χ0) is 41.2. The Labute approximate surface area is 365 Å². The Bertz CT molecular complexity index is 4170. The summed E-state index contributed by atoms with van der Waals surface area (Å²) in [5.74, 6) is 0. The highest BCUT2D eigenvalue weighted by Crippen LogP contribution is 2.45. The van der Waals surface area contributed by atoms with Gasteiger partial charge in [0.1, 0.15) is 0 Å². The first kappa shape index (κ1) is 34.6. The van der Waals surface area contributed by atoms with Crippen molar-refractivity contribution in [1.82, 2.24) is 19.1 Å². The maximum atomic E-state index is 5.48. The number of thiophene rings is 1. The van der Waals surface area contributed by atoms with Gasteiger partial charge in [-0.3, -0.25) is 0 Å². The number of benzene rings is 10. The van der Waals surface area contributed by atoms with E-state index < -0.39 is 0 Å². The molecule has 0 amide bonds. The molecule has 4 nitrogen and oxygen atoms in total. The lowest BCUT2D eigenvalue weighted by Crippen LogP contribution is -2.00. The third-order valence-electron chi connectivity index (χ3n) is 13.1. The fraction of sp³-hybridized carbons (Fsp3) is 0. The second kappa shape index (κ2) is 13.2. The van der Waals surface area contributed by atoms with Crippen molar-refractivity contribution in [2.45, 2.75) is 0 Å². The van der Waals surface area contributed by atoms with E-state index >= 15 is 0 Å². The van der Waals surface area contributed by atoms with E-state index in [9.17, 15) is 0 Å². The van der Waals surface area contributed by atoms with Gasteiger partial charge in [-0.1, -0.05) is 140 Å². The Morgan fingerprint density at radius 3 is 1.67 bits per heavy atom. The van der Waals surface area contributed by atoms with Gasteiger partial charge < -0.3 is 9.13 Å². The predicted molar refractivity (Wildman–Crippen MR) is 267 cm³/mol. The van der Waals surface area contributed by atoms with Crippen LogP contribution < -0.4 is 0 Å². The van der Waals surface area contributed by atoms with E-state index in [1.807, 2.05) is 23.5 Å². The highest BCUT2D eigenvalue weighted by atomic mass is 32.1. The summed E-state index contributed by atoms with van der Waals surface area (Å²) in [6.07, 6.45) is 0. The summed E-state index contributed by atoms with van der Waals surface area (Å²) in [6.45, 7) is 0. The summed E-state index contributed by atoms with van der Waals surface area (Å²) in [5.41, 5.74) is 12.6. The van der Waals surface area contributed by atoms with Crippen molar-refractivity contribution in [1.29, 1.82) is 0 Å². The summed E-state index contributed by atoms with van der Waals surface area (Å²) in [7, 11) is 0. The third-order valence-corrected chi connectivity index (χ3v) is 14.3. The molecule has 0 saturated heterocycles. The van der Waals surface area contributed by atoms with Crippen LogP contribution in [0, 0.1) is 0 Å². The van der Waals surface area contributed by atoms with Crippen LogP contribution in [0.25, 0.3) is 130 Å². The zero-order valence-corrected chi connectivity index (χ0v) is 34.6. The van der Waals surface area contributed by atoms with Gasteiger partial charge in [-0.2, -0.15) is 0 Å². The summed E-state index contributed by atoms with van der Waals surface area (Å²) in [5, 5.41) is 12.2. The highest BCUT2D eigenvalue weighted by Gasteiger charge is 2.23. The maximum absolute atomic E-state index is 5.48. The fourth-order valence-corrected chi connectivity index (χ4v) is 11.5. The number of para-hydroxylation sites is 4. The van der Waals surface area contributed by atoms with Crippen LogP contribution >= 0.6 is 11.3 Å². The number of fused-ring (bicyclic) bond motifs is 12. The molecule has 292 valence electrons. The average molecular weight is 819 g/mol. The third kappa shape index (κ3) is 5.03. The van der Waals surface area contributed by atoms with E-state index in [0.717, 1.165) is 61.2 Å². The Hall–Kier alpha value is -8.12. The first-order valence-electron chi connectivity index (χ1n) is 21.4. The van der Waals surface area contributed by atoms with Crippen molar-refractivity contribution >= 4 is 108 Å². The van der Waals surface area contributed by atoms with Crippen LogP contribution in [-0.4, -0.2) is 19.1 Å². The van der Waals surface area contributed by atoms with Gasteiger partial charge in [0.15, 0.2) is 0 Å². The summed E-state index contributed by atoms with van der Waals surface area (Å²) in [4.78, 5) is 10.9. The molecular formula is C58H34N4S. The van der Waals surface area contributed by atoms with E-state index in [0.29, 0.717) is 0 Å². The number of rotatable bonds is 4. The lowest BCUT2D eigenvalue weighted by molar-refractivity contribution is 1.16. The van der Waals surface area contributed by atoms with Crippen LogP contribution in [0.15, 0.2) is 206 Å². The molecule has 0 bridgehead atoms. The fourth-order valence-electron chi connectivity index (χ4n) is 10.3. The van der Waals surface area contributed by atoms with E-state index in [1.54, 1.807) is 0 Å². The van der Waals surface area contributed by atoms with Gasteiger partial charge in [0.25, 0.3) is 0 Å². The van der Waals surface area contributed by atoms with Gasteiger partial charge in [0, 0.05) is 63.9 Å². The molecule has 63 heavy (non-hydrogen) atoms. The minimum atomic E-state index is 0.875. The first-order valence-corrected chi connectivity index (χ1v) is 22.2. The van der Waals surface area contributed by atoms with Crippen molar-refractivity contribution in [3.05, 3.63) is 206 Å². The minimum absolute atomic E-state index is 0.875. The smallest absolute Gasteiger partial charge is 0.0987 e. The van der Waals surface area contributed by atoms with Gasteiger partial charge in [0.05, 0.1) is 50.2 Å². The van der Waals surface area contributed by atoms with Gasteiger partial charge in [0.2, 0.25) is 0 Å². The van der Waals surface area contributed by atoms with Crippen molar-refractivity contribution in [2.24, 2.45) is 0 Å². The van der Waals surface area contributed by atoms with E-state index in [2.05, 4.69) is 203 Å². The van der Waals surface area contributed by atoms with Crippen LogP contribution in [0.1, 0.15) is 0 Å². The molecule has 4 aromatic heterocycles. The van der Waals surface area contributed by atoms with Crippen LogP contribution in [0.4, 0.5) is 0 Å². The van der Waals surface area contributed by atoms with E-state index in [-0.39, 0.29) is 0 Å². The standard InChI is InChI=1S/C58H34N4S/c1-2-15-36-33-53-47(32-35(36)14-1)42-29-28-37(61-50-25-10-5-18-40(50)41-19-6-11-26-51(41)61)34-54(42)62(53)52-31-30-44(38-16-3-4-17-39(38)52)56-57(60-49-24-9-8-23-48(49)59-56)46-22-13-21-45-43-20-7-12-27-55(43)63-58(45)46/h1-34H. The summed E-state index contributed by atoms with van der Waals surface area (Å²) >= 11 is 1.83. The Morgan fingerprint density at radius 2 is 0.905 bits per heavy atom. The zero-order valence-electron chi connectivity index (χ0n) is 33.8. The normalized spacial score (nSPS) is 12.1. The molecule has 10 aromatic carbocycles. The van der Waals surface area contributed by atoms with Crippen molar-refractivity contribution in [3.8, 4) is 33.9 Å². The molecule has 0 aliphatic rings. The number of nitrogens with zero attached hydrogens (tertiary/aromatic N) is 4. The monoisotopic (exact) mass is 818 g/mol. The molecule has 0 saturated carbocycles. The van der Waals surface area contributed by atoms with Crippen molar-refractivity contribution in [2.75, 3.05) is 0 Å². The lowest BCUT2D eigenvalue weighted by Gasteiger charge is -2.17. The topological polar surface area (TPSA) is 35.6 Å². The second-order valence-electron chi connectivity index (χ2n) is 16.5. The molecule has 0 aliphatic heterocycles. The van der Waals surface area contributed by atoms with Crippen LogP contribution in [-0.2, 0) is 0 Å². The van der Waals surface area contributed by atoms with Crippen molar-refractivity contribution in [3.63, 3.8) is 0 Å². The molecule has 14 rings (SSSR count). The van der Waals surface area contributed by atoms with Gasteiger partial charge in [-0.05, 0) is 82.9 Å². The molecule has 0 aliphatic carbocycles. The molecule has 0 unspecified atom stereocenters. The molecule has 4 heterocycles. The van der Waals surface area contributed by atoms with Gasteiger partial charge in [-0.15, -0.1) is 11.3 Å². The first-order chi connectivity index (χ1) is 31.2. The quantitative estimate of drug-likeness (QED) is 0.177. The largest absolute Gasteiger partial charge is 0.309 e. The average Bonchev–Trinajstić information content (AvgIpc) is 4.00. The maximum Gasteiger partial charge on any atom is 0.0987 e. The number of hydrogen-bond acceptors (Lipinski definition) is 3. The summed E-state index contributed by atoms with van der Waals surface area (Å²) in [6, 6.07) is 74.9. The SMILES string of the molecule is c1ccc2cc3c(cc2c1)c1ccc(-n2c4ccccc4c4ccccc42)cc1n3-c1ccc(-c2nc3ccccc3nc2-c2cccc3c2sc2ccccc23)c2ccccc12. The van der Waals surface area contributed by atoms with E-state index in [4.69, 9.17) is 9.97 Å². The Kier molecular flexibility index (Phi) is 7.24. The summed E-state index contributed by atoms with van der Waals surface area (Å²) < 4.78 is 7.40. The lowest BCUT2D eigenvalue weighted by atomic mass is 9.96. The van der Waals surface area contributed by atoms with Crippen molar-refractivity contribution < 1.29 is 0 Å². The molecule has 0 spiro atoms. The molecule has 5 heteroatoms. The van der Waals surface area contributed by atoms with Gasteiger partial charge >= 0.3 is 0 Å². The van der Waals surface area contributed by atoms with Crippen LogP contribution in [0.5, 0.6) is 0 Å². The molecule has 0 radical (unpaired) electrons. The number of hydrogen-bond donors (Lipinski definition) is 0. The minimum Gasteiger partial charge on any atom is -0.309 e. The number of aromatic nitrogens is 4. The Morgan fingerprint density at radius 1 is 0.333 bits per heavy atom. The molecule has 0 atom stereocenters. The molecular weight excluding hydrogens is 785 g/mol. The highest BCUT2D eigenvalue weighted by molar-refractivity contribution is 7.26. The molecule has 14 aromatic rings. The molecule has 0 N–H and O–H groups in total. The Balaban J connectivity index is 1.06. The van der Waals surface area contributed by atoms with E-state index in [1.165, 1.54) is 69.0 Å². The van der Waals surface area contributed by atoms with Crippen LogP contribution in [0.2, 0.25) is 0 Å². The second-order valence-corrected chi connectivity index (χ2v) is 17.5.